The van der Waals surface area contributed by atoms with Crippen LogP contribution in [0.4, 0.5) is 0 Å². The van der Waals surface area contributed by atoms with Crippen molar-refractivity contribution in [3.63, 3.8) is 0 Å². The van der Waals surface area contributed by atoms with Crippen LogP contribution in [0, 0.1) is 29.1 Å². The summed E-state index contributed by atoms with van der Waals surface area (Å²) in [7, 11) is 0. The second-order valence-corrected chi connectivity index (χ2v) is 9.42. The molecule has 1 nitrogen and oxygen atoms in total. The average Bonchev–Trinajstić information content (AvgIpc) is 2.76. The summed E-state index contributed by atoms with van der Waals surface area (Å²) in [6, 6.07) is 10.3. The lowest BCUT2D eigenvalue weighted by molar-refractivity contribution is 0.235. The van der Waals surface area contributed by atoms with Gasteiger partial charge in [0.25, 0.3) is 0 Å². The Morgan fingerprint density at radius 1 is 0.857 bits per heavy atom. The number of aryl methyl sites for hydroxylation is 1. The second kappa shape index (κ2) is 11.5. The van der Waals surface area contributed by atoms with Crippen LogP contribution in [0.2, 0.25) is 0 Å². The molecule has 152 valence electrons. The minimum absolute atomic E-state index is 0.762. The van der Waals surface area contributed by atoms with Crippen molar-refractivity contribution < 1.29 is 0 Å². The molecule has 1 heteroatoms. The summed E-state index contributed by atoms with van der Waals surface area (Å²) in [5, 5.41) is 8.90. The van der Waals surface area contributed by atoms with Gasteiger partial charge >= 0.3 is 0 Å². The quantitative estimate of drug-likeness (QED) is 0.400. The van der Waals surface area contributed by atoms with Gasteiger partial charge in [0.05, 0.1) is 11.6 Å². The SMILES string of the molecule is CCCCC1CCC(CCC2CC=C(CCc3ccc(C#N)cc3)CC2)CC1. The number of unbranched alkanes of at least 4 members (excludes halogenated alkanes) is 1. The van der Waals surface area contributed by atoms with Crippen LogP contribution in [0.5, 0.6) is 0 Å². The first-order valence-electron chi connectivity index (χ1n) is 11.9. The smallest absolute Gasteiger partial charge is 0.0991 e. The summed E-state index contributed by atoms with van der Waals surface area (Å²) in [6.45, 7) is 2.32. The molecule has 0 amide bonds. The maximum atomic E-state index is 8.90. The fraction of sp³-hybridized carbons (Fsp3) is 0.667. The lowest BCUT2D eigenvalue weighted by Gasteiger charge is -2.30. The lowest BCUT2D eigenvalue weighted by Crippen LogP contribution is -2.16. The zero-order valence-corrected chi connectivity index (χ0v) is 18.0. The monoisotopic (exact) mass is 377 g/mol. The van der Waals surface area contributed by atoms with Crippen molar-refractivity contribution in [2.24, 2.45) is 17.8 Å². The zero-order valence-electron chi connectivity index (χ0n) is 18.0. The summed E-state index contributed by atoms with van der Waals surface area (Å²) in [5.41, 5.74) is 3.78. The van der Waals surface area contributed by atoms with Crippen LogP contribution in [-0.4, -0.2) is 0 Å². The molecule has 0 radical (unpaired) electrons. The molecule has 1 saturated carbocycles. The topological polar surface area (TPSA) is 23.8 Å². The van der Waals surface area contributed by atoms with Gasteiger partial charge in [-0.3, -0.25) is 0 Å². The highest BCUT2D eigenvalue weighted by molar-refractivity contribution is 5.32. The number of nitriles is 1. The highest BCUT2D eigenvalue weighted by atomic mass is 14.3. The van der Waals surface area contributed by atoms with Gasteiger partial charge in [-0.25, -0.2) is 0 Å². The van der Waals surface area contributed by atoms with Crippen molar-refractivity contribution in [2.75, 3.05) is 0 Å². The fourth-order valence-electron chi connectivity index (χ4n) is 5.26. The molecule has 1 fully saturated rings. The summed E-state index contributed by atoms with van der Waals surface area (Å²) in [4.78, 5) is 0. The zero-order chi connectivity index (χ0) is 19.6. The van der Waals surface area contributed by atoms with Gasteiger partial charge in [0.2, 0.25) is 0 Å². The predicted molar refractivity (Wildman–Crippen MR) is 119 cm³/mol. The van der Waals surface area contributed by atoms with Gasteiger partial charge in [-0.1, -0.05) is 82.1 Å². The summed E-state index contributed by atoms with van der Waals surface area (Å²) in [5.74, 6) is 3.02. The number of hydrogen-bond acceptors (Lipinski definition) is 1. The van der Waals surface area contributed by atoms with Crippen molar-refractivity contribution >= 4 is 0 Å². The number of nitrogens with zero attached hydrogens (tertiary/aromatic N) is 1. The van der Waals surface area contributed by atoms with Gasteiger partial charge < -0.3 is 0 Å². The van der Waals surface area contributed by atoms with Gasteiger partial charge in [0.15, 0.2) is 0 Å². The molecule has 0 heterocycles. The molecule has 3 rings (SSSR count). The van der Waals surface area contributed by atoms with Crippen LogP contribution in [0.1, 0.15) is 102 Å². The first-order valence-corrected chi connectivity index (χ1v) is 11.9. The third-order valence-corrected chi connectivity index (χ3v) is 7.35. The van der Waals surface area contributed by atoms with Crippen LogP contribution in [0.25, 0.3) is 0 Å². The normalized spacial score (nSPS) is 25.1. The maximum Gasteiger partial charge on any atom is 0.0991 e. The molecular weight excluding hydrogens is 338 g/mol. The van der Waals surface area contributed by atoms with Crippen LogP contribution >= 0.6 is 0 Å². The minimum Gasteiger partial charge on any atom is -0.192 e. The van der Waals surface area contributed by atoms with Crippen molar-refractivity contribution in [3.05, 3.63) is 47.0 Å². The number of rotatable bonds is 9. The Balaban J connectivity index is 1.31. The Bertz CT molecular complexity index is 640. The van der Waals surface area contributed by atoms with Crippen LogP contribution in [-0.2, 0) is 6.42 Å². The van der Waals surface area contributed by atoms with E-state index in [0.29, 0.717) is 0 Å². The maximum absolute atomic E-state index is 8.90. The largest absolute Gasteiger partial charge is 0.192 e. The Kier molecular flexibility index (Phi) is 8.66. The predicted octanol–water partition coefficient (Wildman–Crippen LogP) is 7.99. The summed E-state index contributed by atoms with van der Waals surface area (Å²) >= 11 is 0. The van der Waals surface area contributed by atoms with Crippen molar-refractivity contribution in [1.82, 2.24) is 0 Å². The molecule has 0 aromatic heterocycles. The first-order chi connectivity index (χ1) is 13.8. The van der Waals surface area contributed by atoms with Crippen molar-refractivity contribution in [2.45, 2.75) is 96.8 Å². The number of allylic oxidation sites excluding steroid dienone is 2. The van der Waals surface area contributed by atoms with E-state index in [4.69, 9.17) is 5.26 Å². The Morgan fingerprint density at radius 2 is 1.54 bits per heavy atom. The highest BCUT2D eigenvalue weighted by Crippen LogP contribution is 2.37. The fourth-order valence-corrected chi connectivity index (χ4v) is 5.26. The van der Waals surface area contributed by atoms with E-state index >= 15 is 0 Å². The Morgan fingerprint density at radius 3 is 2.14 bits per heavy atom. The third-order valence-electron chi connectivity index (χ3n) is 7.35. The molecule has 2 aliphatic carbocycles. The molecule has 0 bridgehead atoms. The molecule has 2 aliphatic rings. The molecule has 28 heavy (non-hydrogen) atoms. The van der Waals surface area contributed by atoms with Gasteiger partial charge in [-0.2, -0.15) is 5.26 Å². The molecule has 1 unspecified atom stereocenters. The molecule has 1 aromatic rings. The standard InChI is InChI=1S/C27H39N/c1-2-3-4-22-5-7-23(8-6-22)9-10-24-11-13-25(14-12-24)15-16-26-17-19-27(21-28)20-18-26/h13,17-20,22-24H,2-12,14-16H2,1H3. The minimum atomic E-state index is 0.762. The Labute approximate surface area is 173 Å². The van der Waals surface area contributed by atoms with E-state index in [-0.39, 0.29) is 0 Å². The number of hydrogen-bond donors (Lipinski definition) is 0. The van der Waals surface area contributed by atoms with Gasteiger partial charge in [0.1, 0.15) is 0 Å². The van der Waals surface area contributed by atoms with E-state index in [1.807, 2.05) is 12.1 Å². The van der Waals surface area contributed by atoms with E-state index in [1.165, 1.54) is 89.0 Å². The molecule has 1 aromatic carbocycles. The van der Waals surface area contributed by atoms with Crippen molar-refractivity contribution in [1.29, 1.82) is 5.26 Å². The van der Waals surface area contributed by atoms with Gasteiger partial charge in [-0.15, -0.1) is 0 Å². The molecule has 0 N–H and O–H groups in total. The van der Waals surface area contributed by atoms with E-state index in [9.17, 15) is 0 Å². The third kappa shape index (κ3) is 6.80. The van der Waals surface area contributed by atoms with Crippen LogP contribution in [0.3, 0.4) is 0 Å². The average molecular weight is 378 g/mol. The summed E-state index contributed by atoms with van der Waals surface area (Å²) < 4.78 is 0. The molecular formula is C27H39N. The second-order valence-electron chi connectivity index (χ2n) is 9.42. The van der Waals surface area contributed by atoms with E-state index in [0.717, 1.165) is 29.7 Å². The molecule has 0 saturated heterocycles. The van der Waals surface area contributed by atoms with Crippen molar-refractivity contribution in [3.8, 4) is 6.07 Å². The van der Waals surface area contributed by atoms with Crippen LogP contribution in [0.15, 0.2) is 35.9 Å². The molecule has 0 spiro atoms. The van der Waals surface area contributed by atoms with E-state index in [2.05, 4.69) is 31.2 Å². The van der Waals surface area contributed by atoms with E-state index in [1.54, 1.807) is 5.57 Å². The highest BCUT2D eigenvalue weighted by Gasteiger charge is 2.22. The molecule has 1 atom stereocenters. The van der Waals surface area contributed by atoms with Crippen LogP contribution < -0.4 is 0 Å². The summed E-state index contributed by atoms with van der Waals surface area (Å²) in [6.07, 6.45) is 22.2. The lowest BCUT2D eigenvalue weighted by atomic mass is 9.76. The Hall–Kier alpha value is -1.55. The van der Waals surface area contributed by atoms with E-state index < -0.39 is 0 Å². The number of benzene rings is 1. The van der Waals surface area contributed by atoms with Gasteiger partial charge in [-0.05, 0) is 74.0 Å². The molecule has 0 aliphatic heterocycles. The first kappa shape index (κ1) is 21.2. The van der Waals surface area contributed by atoms with Gasteiger partial charge in [0, 0.05) is 0 Å².